The minimum Gasteiger partial charge on any atom is -0.463 e. The summed E-state index contributed by atoms with van der Waals surface area (Å²) in [6, 6.07) is 2.66. The smallest absolute Gasteiger partial charge is 0.311 e. The van der Waals surface area contributed by atoms with Crippen molar-refractivity contribution in [2.75, 3.05) is 6.61 Å². The molecule has 0 fully saturated rings. The lowest BCUT2D eigenvalue weighted by Crippen LogP contribution is -2.14. The minimum absolute atomic E-state index is 0.0611. The molecule has 0 atom stereocenters. The summed E-state index contributed by atoms with van der Waals surface area (Å²) in [5.74, 6) is -1.22. The van der Waals surface area contributed by atoms with E-state index in [9.17, 15) is 9.59 Å². The molecule has 0 saturated heterocycles. The van der Waals surface area contributed by atoms with E-state index in [0.29, 0.717) is 0 Å². The maximum Gasteiger partial charge on any atom is 0.311 e. The van der Waals surface area contributed by atoms with Crippen molar-refractivity contribution in [3.8, 4) is 5.75 Å². The number of esters is 2. The van der Waals surface area contributed by atoms with Crippen molar-refractivity contribution >= 4 is 69.9 Å². The lowest BCUT2D eigenvalue weighted by molar-refractivity contribution is -0.146. The van der Waals surface area contributed by atoms with E-state index >= 15 is 0 Å². The maximum atomic E-state index is 11.6. The number of halogens is 5. The van der Waals surface area contributed by atoms with Crippen molar-refractivity contribution < 1.29 is 19.1 Å². The Labute approximate surface area is 146 Å². The topological polar surface area (TPSA) is 52.6 Å². The molecular formula is C12H9Cl5O4. The first-order chi connectivity index (χ1) is 9.79. The summed E-state index contributed by atoms with van der Waals surface area (Å²) >= 11 is 28.2. The van der Waals surface area contributed by atoms with Crippen LogP contribution in [-0.2, 0) is 14.3 Å². The predicted octanol–water partition coefficient (Wildman–Crippen LogP) is 4.68. The first kappa shape index (κ1) is 18.7. The molecule has 116 valence electrons. The summed E-state index contributed by atoms with van der Waals surface area (Å²) in [7, 11) is 0. The van der Waals surface area contributed by atoms with Gasteiger partial charge in [0.2, 0.25) is 0 Å². The predicted molar refractivity (Wildman–Crippen MR) is 82.8 cm³/mol. The molecule has 0 aromatic heterocycles. The van der Waals surface area contributed by atoms with Crippen molar-refractivity contribution in [1.29, 1.82) is 0 Å². The molecule has 0 spiro atoms. The average Bonchev–Trinajstić information content (AvgIpc) is 2.40. The van der Waals surface area contributed by atoms with Crippen LogP contribution in [0.5, 0.6) is 5.75 Å². The van der Waals surface area contributed by atoms with Gasteiger partial charge in [-0.3, -0.25) is 9.59 Å². The van der Waals surface area contributed by atoms with Crippen LogP contribution in [0.2, 0.25) is 15.1 Å². The van der Waals surface area contributed by atoms with Crippen molar-refractivity contribution in [3.63, 3.8) is 0 Å². The molecule has 21 heavy (non-hydrogen) atoms. The summed E-state index contributed by atoms with van der Waals surface area (Å²) in [5.41, 5.74) is 0. The fraction of sp³-hybridized carbons (Fsp3) is 0.333. The van der Waals surface area contributed by atoms with E-state index in [-0.39, 0.29) is 40.3 Å². The second kappa shape index (κ2) is 8.91. The number of carbonyl (C=O) groups is 2. The Morgan fingerprint density at radius 3 is 2.14 bits per heavy atom. The van der Waals surface area contributed by atoms with Crippen LogP contribution in [0, 0.1) is 0 Å². The largest absolute Gasteiger partial charge is 0.463 e. The zero-order valence-corrected chi connectivity index (χ0v) is 14.2. The van der Waals surface area contributed by atoms with Gasteiger partial charge < -0.3 is 9.47 Å². The quantitative estimate of drug-likeness (QED) is 0.304. The SMILES string of the molecule is O=C(CCC(=O)Oc1cc(Cl)c(Cl)cc1Cl)OCC(Cl)Cl. The van der Waals surface area contributed by atoms with Crippen LogP contribution in [-0.4, -0.2) is 23.4 Å². The molecule has 1 aromatic rings. The number of alkyl halides is 2. The highest BCUT2D eigenvalue weighted by atomic mass is 35.5. The van der Waals surface area contributed by atoms with Gasteiger partial charge in [-0.05, 0) is 6.07 Å². The summed E-state index contributed by atoms with van der Waals surface area (Å²) in [6.07, 6.45) is -0.358. The lowest BCUT2D eigenvalue weighted by Gasteiger charge is -2.08. The monoisotopic (exact) mass is 392 g/mol. The molecule has 0 heterocycles. The second-order valence-corrected chi connectivity index (χ2v) is 6.24. The van der Waals surface area contributed by atoms with Gasteiger partial charge >= 0.3 is 11.9 Å². The number of carbonyl (C=O) groups excluding carboxylic acids is 2. The molecule has 4 nitrogen and oxygen atoms in total. The van der Waals surface area contributed by atoms with Gasteiger partial charge in [-0.2, -0.15) is 0 Å². The highest BCUT2D eigenvalue weighted by Crippen LogP contribution is 2.34. The van der Waals surface area contributed by atoms with Gasteiger partial charge in [-0.1, -0.05) is 34.8 Å². The Bertz CT molecular complexity index is 533. The van der Waals surface area contributed by atoms with Crippen LogP contribution in [0.3, 0.4) is 0 Å². The van der Waals surface area contributed by atoms with Gasteiger partial charge in [0.05, 0.1) is 27.9 Å². The van der Waals surface area contributed by atoms with E-state index in [1.54, 1.807) is 0 Å². The Morgan fingerprint density at radius 1 is 0.952 bits per heavy atom. The lowest BCUT2D eigenvalue weighted by atomic mass is 10.3. The van der Waals surface area contributed by atoms with Crippen LogP contribution in [0.4, 0.5) is 0 Å². The van der Waals surface area contributed by atoms with Gasteiger partial charge in [-0.15, -0.1) is 23.2 Å². The molecule has 0 bridgehead atoms. The summed E-state index contributed by atoms with van der Waals surface area (Å²) in [4.78, 5) is 22.0. The zero-order chi connectivity index (χ0) is 16.0. The van der Waals surface area contributed by atoms with Gasteiger partial charge in [0.25, 0.3) is 0 Å². The highest BCUT2D eigenvalue weighted by molar-refractivity contribution is 6.44. The van der Waals surface area contributed by atoms with Crippen LogP contribution < -0.4 is 4.74 Å². The molecule has 0 amide bonds. The number of ether oxygens (including phenoxy) is 2. The molecule has 0 aliphatic rings. The van der Waals surface area contributed by atoms with E-state index in [0.717, 1.165) is 0 Å². The van der Waals surface area contributed by atoms with E-state index in [1.807, 2.05) is 0 Å². The average molecular weight is 394 g/mol. The molecule has 9 heteroatoms. The number of benzene rings is 1. The van der Waals surface area contributed by atoms with E-state index in [2.05, 4.69) is 4.74 Å². The number of hydrogen-bond donors (Lipinski definition) is 0. The first-order valence-corrected chi connectivity index (χ1v) is 7.59. The molecule has 0 saturated carbocycles. The summed E-state index contributed by atoms with van der Waals surface area (Å²) < 4.78 is 9.67. The van der Waals surface area contributed by atoms with Crippen LogP contribution in [0.15, 0.2) is 12.1 Å². The molecule has 0 N–H and O–H groups in total. The van der Waals surface area contributed by atoms with Crippen molar-refractivity contribution in [2.24, 2.45) is 0 Å². The highest BCUT2D eigenvalue weighted by Gasteiger charge is 2.14. The first-order valence-electron chi connectivity index (χ1n) is 5.58. The Balaban J connectivity index is 2.47. The minimum atomic E-state index is -0.809. The molecular weight excluding hydrogens is 385 g/mol. The Morgan fingerprint density at radius 2 is 1.52 bits per heavy atom. The van der Waals surface area contributed by atoms with Gasteiger partial charge in [0.15, 0.2) is 5.75 Å². The molecule has 0 radical (unpaired) electrons. The molecule has 1 aromatic carbocycles. The van der Waals surface area contributed by atoms with Gasteiger partial charge in [0.1, 0.15) is 11.4 Å². The summed E-state index contributed by atoms with van der Waals surface area (Å²) in [6.45, 7) is -0.143. The van der Waals surface area contributed by atoms with Gasteiger partial charge in [-0.25, -0.2) is 0 Å². The number of hydrogen-bond acceptors (Lipinski definition) is 4. The van der Waals surface area contributed by atoms with Crippen LogP contribution in [0.25, 0.3) is 0 Å². The second-order valence-electron chi connectivity index (χ2n) is 3.74. The molecule has 0 aliphatic carbocycles. The normalized spacial score (nSPS) is 10.6. The Hall–Kier alpha value is -0.390. The third-order valence-electron chi connectivity index (χ3n) is 2.10. The standard InChI is InChI=1S/C12H9Cl5O4/c13-6-3-8(15)9(4-7(6)14)21-12(19)2-1-11(18)20-5-10(16)17/h3-4,10H,1-2,5H2. The van der Waals surface area contributed by atoms with Crippen molar-refractivity contribution in [1.82, 2.24) is 0 Å². The zero-order valence-electron chi connectivity index (χ0n) is 10.4. The van der Waals surface area contributed by atoms with Crippen LogP contribution >= 0.6 is 58.0 Å². The van der Waals surface area contributed by atoms with Crippen LogP contribution in [0.1, 0.15) is 12.8 Å². The number of rotatable bonds is 6. The molecule has 0 unspecified atom stereocenters. The maximum absolute atomic E-state index is 11.6. The summed E-state index contributed by atoms with van der Waals surface area (Å²) in [5, 5.41) is 0.563. The van der Waals surface area contributed by atoms with E-state index in [4.69, 9.17) is 62.7 Å². The Kier molecular flexibility index (Phi) is 7.92. The molecule has 0 aliphatic heterocycles. The van der Waals surface area contributed by atoms with E-state index in [1.165, 1.54) is 12.1 Å². The van der Waals surface area contributed by atoms with Crippen molar-refractivity contribution in [2.45, 2.75) is 17.7 Å². The third-order valence-corrected chi connectivity index (χ3v) is 3.37. The fourth-order valence-electron chi connectivity index (χ4n) is 1.19. The third kappa shape index (κ3) is 6.94. The van der Waals surface area contributed by atoms with Crippen molar-refractivity contribution in [3.05, 3.63) is 27.2 Å². The molecule has 1 rings (SSSR count). The fourth-order valence-corrected chi connectivity index (χ4v) is 1.89. The van der Waals surface area contributed by atoms with E-state index < -0.39 is 16.8 Å². The van der Waals surface area contributed by atoms with Gasteiger partial charge in [0, 0.05) is 6.07 Å².